The number of morpholine rings is 1. The van der Waals surface area contributed by atoms with Crippen LogP contribution in [0.2, 0.25) is 0 Å². The average molecular weight is 534 g/mol. The maximum atomic E-state index is 13.1. The van der Waals surface area contributed by atoms with Gasteiger partial charge in [-0.05, 0) is 49.6 Å². The first-order valence-corrected chi connectivity index (χ1v) is 13.5. The number of ether oxygens (including phenoxy) is 2. The van der Waals surface area contributed by atoms with Crippen LogP contribution in [0.15, 0.2) is 54.6 Å². The average Bonchev–Trinajstić information content (AvgIpc) is 2.94. The predicted molar refractivity (Wildman–Crippen MR) is 140 cm³/mol. The van der Waals surface area contributed by atoms with Gasteiger partial charge in [-0.3, -0.25) is 9.69 Å². The molecule has 0 bridgehead atoms. The van der Waals surface area contributed by atoms with Crippen molar-refractivity contribution in [2.45, 2.75) is 25.4 Å². The number of amides is 1. The van der Waals surface area contributed by atoms with Crippen LogP contribution in [0, 0.1) is 11.8 Å². The Kier molecular flexibility index (Phi) is 10.4. The minimum atomic E-state index is -4.41. The number of carbonyl (C=O) groups is 1. The van der Waals surface area contributed by atoms with Crippen LogP contribution >= 0.6 is 0 Å². The van der Waals surface area contributed by atoms with E-state index < -0.39 is 11.7 Å². The molecule has 1 N–H and O–H groups in total. The van der Waals surface area contributed by atoms with Gasteiger partial charge in [-0.2, -0.15) is 13.2 Å². The van der Waals surface area contributed by atoms with Crippen molar-refractivity contribution < 1.29 is 27.4 Å². The van der Waals surface area contributed by atoms with Gasteiger partial charge in [0.15, 0.2) is 0 Å². The molecule has 4 rings (SSSR count). The molecule has 2 aliphatic rings. The molecule has 0 aliphatic carbocycles. The Morgan fingerprint density at radius 1 is 1.00 bits per heavy atom. The minimum absolute atomic E-state index is 0.0400. The fourth-order valence-corrected chi connectivity index (χ4v) is 5.19. The Bertz CT molecular complexity index is 999. The van der Waals surface area contributed by atoms with Gasteiger partial charge in [-0.1, -0.05) is 36.4 Å². The van der Waals surface area contributed by atoms with E-state index in [-0.39, 0.29) is 30.1 Å². The molecular formula is C29H38F3N3O3. The molecule has 0 aromatic heterocycles. The van der Waals surface area contributed by atoms with Crippen molar-refractivity contribution in [3.05, 3.63) is 65.7 Å². The van der Waals surface area contributed by atoms with Gasteiger partial charge in [0.2, 0.25) is 5.91 Å². The van der Waals surface area contributed by atoms with E-state index in [1.54, 1.807) is 6.07 Å². The molecule has 6 nitrogen and oxygen atoms in total. The Morgan fingerprint density at radius 3 is 2.55 bits per heavy atom. The number of piperidine rings is 1. The van der Waals surface area contributed by atoms with Crippen LogP contribution in [0.1, 0.15) is 24.0 Å². The van der Waals surface area contributed by atoms with Crippen molar-refractivity contribution >= 4 is 5.91 Å². The molecular weight excluding hydrogens is 495 g/mol. The fourth-order valence-electron chi connectivity index (χ4n) is 5.19. The summed E-state index contributed by atoms with van der Waals surface area (Å²) in [5.74, 6) is 0.0991. The summed E-state index contributed by atoms with van der Waals surface area (Å²) in [5.41, 5.74) is 0.511. The minimum Gasteiger partial charge on any atom is -0.493 e. The first-order valence-electron chi connectivity index (χ1n) is 13.5. The maximum absolute atomic E-state index is 13.1. The van der Waals surface area contributed by atoms with Gasteiger partial charge in [0.05, 0.1) is 31.3 Å². The zero-order valence-electron chi connectivity index (χ0n) is 21.8. The zero-order chi connectivity index (χ0) is 26.8. The Labute approximate surface area is 223 Å². The monoisotopic (exact) mass is 533 g/mol. The lowest BCUT2D eigenvalue weighted by Gasteiger charge is -2.37. The number of rotatable bonds is 11. The van der Waals surface area contributed by atoms with Crippen molar-refractivity contribution in [1.29, 1.82) is 0 Å². The summed E-state index contributed by atoms with van der Waals surface area (Å²) in [5, 5.41) is 3.12. The molecule has 0 radical (unpaired) electrons. The third kappa shape index (κ3) is 8.99. The second-order valence-corrected chi connectivity index (χ2v) is 10.2. The summed E-state index contributed by atoms with van der Waals surface area (Å²) in [4.78, 5) is 17.7. The highest BCUT2D eigenvalue weighted by Crippen LogP contribution is 2.32. The molecule has 2 atom stereocenters. The van der Waals surface area contributed by atoms with E-state index in [2.05, 4.69) is 27.2 Å². The number of alkyl halides is 3. The first-order chi connectivity index (χ1) is 18.4. The highest BCUT2D eigenvalue weighted by molar-refractivity contribution is 5.79. The van der Waals surface area contributed by atoms with Gasteiger partial charge < -0.3 is 19.7 Å². The molecule has 38 heavy (non-hydrogen) atoms. The third-order valence-corrected chi connectivity index (χ3v) is 7.24. The standard InChI is InChI=1S/C29H38F3N3O3/c30-29(31,32)26-8-4-9-27(19-26)38-22-24-18-25(21-35(20-24)13-10-23-6-2-1-3-7-23)28(36)33-11-5-12-34-14-16-37-17-15-34/h1-4,6-9,19,24-25H,5,10-18,20-22H2,(H,33,36)/t24-,25+/m0/s1. The zero-order valence-corrected chi connectivity index (χ0v) is 21.8. The predicted octanol–water partition coefficient (Wildman–Crippen LogP) is 4.10. The Balaban J connectivity index is 1.31. The van der Waals surface area contributed by atoms with Crippen LogP contribution in [0.25, 0.3) is 0 Å². The van der Waals surface area contributed by atoms with Crippen molar-refractivity contribution in [2.75, 3.05) is 65.6 Å². The van der Waals surface area contributed by atoms with E-state index in [9.17, 15) is 18.0 Å². The Hall–Kier alpha value is -2.62. The molecule has 0 unspecified atom stereocenters. The van der Waals surface area contributed by atoms with E-state index in [0.29, 0.717) is 19.5 Å². The molecule has 1 amide bonds. The third-order valence-electron chi connectivity index (χ3n) is 7.24. The second-order valence-electron chi connectivity index (χ2n) is 10.2. The van der Waals surface area contributed by atoms with Crippen LogP contribution < -0.4 is 10.1 Å². The number of halogens is 3. The van der Waals surface area contributed by atoms with Crippen LogP contribution in [0.3, 0.4) is 0 Å². The highest BCUT2D eigenvalue weighted by atomic mass is 19.4. The van der Waals surface area contributed by atoms with Crippen molar-refractivity contribution in [2.24, 2.45) is 11.8 Å². The van der Waals surface area contributed by atoms with Crippen molar-refractivity contribution in [3.8, 4) is 5.75 Å². The summed E-state index contributed by atoms with van der Waals surface area (Å²) in [7, 11) is 0. The molecule has 0 spiro atoms. The van der Waals surface area contributed by atoms with Crippen LogP contribution in [-0.2, 0) is 22.1 Å². The van der Waals surface area contributed by atoms with Gasteiger partial charge in [-0.15, -0.1) is 0 Å². The number of benzene rings is 2. The number of nitrogens with zero attached hydrogens (tertiary/aromatic N) is 2. The summed E-state index contributed by atoms with van der Waals surface area (Å²) >= 11 is 0. The molecule has 0 saturated carbocycles. The molecule has 2 aliphatic heterocycles. The van der Waals surface area contributed by atoms with Gasteiger partial charge in [0.1, 0.15) is 5.75 Å². The molecule has 2 fully saturated rings. The number of hydrogen-bond acceptors (Lipinski definition) is 5. The lowest BCUT2D eigenvalue weighted by molar-refractivity contribution is -0.137. The number of carbonyl (C=O) groups excluding carboxylic acids is 1. The largest absolute Gasteiger partial charge is 0.493 e. The number of likely N-dealkylation sites (tertiary alicyclic amines) is 1. The fraction of sp³-hybridized carbons (Fsp3) is 0.552. The lowest BCUT2D eigenvalue weighted by Crippen LogP contribution is -2.48. The van der Waals surface area contributed by atoms with Crippen LogP contribution in [-0.4, -0.2) is 81.3 Å². The van der Waals surface area contributed by atoms with Gasteiger partial charge in [0.25, 0.3) is 0 Å². The molecule has 2 saturated heterocycles. The summed E-state index contributed by atoms with van der Waals surface area (Å²) < 4.78 is 50.5. The van der Waals surface area contributed by atoms with Gasteiger partial charge in [-0.25, -0.2) is 0 Å². The quantitative estimate of drug-likeness (QED) is 0.441. The maximum Gasteiger partial charge on any atom is 0.416 e. The van der Waals surface area contributed by atoms with Gasteiger partial charge in [0, 0.05) is 45.2 Å². The molecule has 2 heterocycles. The normalized spacial score (nSPS) is 21.2. The smallest absolute Gasteiger partial charge is 0.416 e. The molecule has 208 valence electrons. The van der Waals surface area contributed by atoms with E-state index in [1.807, 2.05) is 18.2 Å². The summed E-state index contributed by atoms with van der Waals surface area (Å²) in [6, 6.07) is 15.2. The van der Waals surface area contributed by atoms with E-state index in [0.717, 1.165) is 70.9 Å². The van der Waals surface area contributed by atoms with Crippen LogP contribution in [0.5, 0.6) is 5.75 Å². The SMILES string of the molecule is O=C(NCCCN1CCOCC1)[C@@H]1C[C@H](COc2cccc(C(F)(F)F)c2)CN(CCc2ccccc2)C1. The number of hydrogen-bond donors (Lipinski definition) is 1. The lowest BCUT2D eigenvalue weighted by atomic mass is 9.88. The molecule has 2 aromatic rings. The van der Waals surface area contributed by atoms with E-state index >= 15 is 0 Å². The topological polar surface area (TPSA) is 54.0 Å². The van der Waals surface area contributed by atoms with Crippen LogP contribution in [0.4, 0.5) is 13.2 Å². The van der Waals surface area contributed by atoms with E-state index in [4.69, 9.17) is 9.47 Å². The highest BCUT2D eigenvalue weighted by Gasteiger charge is 2.33. The van der Waals surface area contributed by atoms with E-state index in [1.165, 1.54) is 11.6 Å². The second kappa shape index (κ2) is 14.0. The number of nitrogens with one attached hydrogen (secondary N) is 1. The molecule has 9 heteroatoms. The van der Waals surface area contributed by atoms with Gasteiger partial charge >= 0.3 is 6.18 Å². The Morgan fingerprint density at radius 2 is 1.79 bits per heavy atom. The first kappa shape index (κ1) is 28.4. The van der Waals surface area contributed by atoms with Crippen molar-refractivity contribution in [1.82, 2.24) is 15.1 Å². The summed E-state index contributed by atoms with van der Waals surface area (Å²) in [6.45, 7) is 7.44. The summed E-state index contributed by atoms with van der Waals surface area (Å²) in [6.07, 6.45) is -2.01. The molecule has 2 aromatic carbocycles. The van der Waals surface area contributed by atoms with Crippen molar-refractivity contribution in [3.63, 3.8) is 0 Å².